The van der Waals surface area contributed by atoms with Gasteiger partial charge in [-0.3, -0.25) is 30.1 Å². The van der Waals surface area contributed by atoms with E-state index in [4.69, 9.17) is 10.7 Å². The minimum Gasteiger partial charge on any atom is -0.368 e. The third kappa shape index (κ3) is 22.4. The molecular weight excluding hydrogens is 1890 g/mol. The van der Waals surface area contributed by atoms with Crippen molar-refractivity contribution in [3.05, 3.63) is 273 Å². The Bertz CT molecular complexity index is 7070. The number of hydrogen-bond acceptors (Lipinski definition) is 30. The van der Waals surface area contributed by atoms with Crippen LogP contribution in [0.3, 0.4) is 0 Å². The van der Waals surface area contributed by atoms with Gasteiger partial charge in [0.25, 0.3) is 6.43 Å². The van der Waals surface area contributed by atoms with Gasteiger partial charge in [0.05, 0.1) is 35.9 Å². The molecule has 35 nitrogen and oxygen atoms in total. The summed E-state index contributed by atoms with van der Waals surface area (Å²) in [5, 5.41) is 46.0. The Morgan fingerprint density at radius 2 is 0.801 bits per heavy atom. The first-order valence-electron chi connectivity index (χ1n) is 49.6. The standard InChI is InChI=1S/C21H20F4N6.C21H23F2N7.C21H22FN7O.C20H22FN7.C19H20FN7/c22-12-5-6-13(14(23)8-12)16-2-1-7-31(16)21-18(19(24)25)20(26-10-27-21)28-17-9-15(29-30-17)11-3-4-11;22-13-6-7-14(15(23)9-13)17-5-2-8-30(17)20-11-18(26-21(24)27-20)25-19-10-16(28-29-19)12-3-1-4-12;1-13(30)29-18(15-4-5-15)11-19(27-29)25-20-23-12-24-21(26-20)28-10-2-3-17(28)14-6-8-16(22)9-7-14;1-27(18-11-16(25-26-18)13-4-5-13)19-22-12-23-20(24-19)28-10-2-3-17(28)14-6-8-15(21)9-7-14;20-14-7-5-13(6-8-14)16-2-1-9-27(16)19-22-11-21-18(24-19)23-17-10-15(25-26-17)12-3-4-12/h5-6,8-11,16,19H,1-4,7H2,(H2,26,27,28,29,30);6-7,9-12,17H,1-5,8H2,(H4,24,25,26,27,28,29);6-9,11-12,15,17H,2-5,10H2,1H3,(H,23,24,25,26,27);6-9,11-13,17H,2-5,10H2,1H3,(H,25,26);5-8,10-12,16H,1-4,9H2,(H2,21,22,23,24,25,26). The number of halogens is 9. The van der Waals surface area contributed by atoms with Crippen molar-refractivity contribution in [3.8, 4) is 0 Å². The number of nitrogen functional groups attached to an aromatic ring is 1. The van der Waals surface area contributed by atoms with Crippen LogP contribution in [0, 0.1) is 40.7 Å². The van der Waals surface area contributed by atoms with E-state index in [9.17, 15) is 44.3 Å². The number of alkyl halides is 2. The van der Waals surface area contributed by atoms with Crippen molar-refractivity contribution in [2.24, 2.45) is 0 Å². The molecule has 5 unspecified atom stereocenters. The molecule has 15 heterocycles. The Labute approximate surface area is 833 Å². The smallest absolute Gasteiger partial charge is 0.270 e. The lowest BCUT2D eigenvalue weighted by Gasteiger charge is -2.28. The molecule has 25 rings (SSSR count). The van der Waals surface area contributed by atoms with E-state index in [0.717, 1.165) is 154 Å². The molecule has 0 bridgehead atoms. The molecule has 10 fully saturated rings. The summed E-state index contributed by atoms with van der Waals surface area (Å²) in [6.45, 7) is 5.17. The number of aromatic nitrogens is 23. The van der Waals surface area contributed by atoms with Crippen molar-refractivity contribution in [2.45, 2.75) is 208 Å². The average molecular weight is 2000 g/mol. The van der Waals surface area contributed by atoms with Gasteiger partial charge in [0.1, 0.15) is 94.9 Å². The molecule has 10 aliphatic rings. The lowest BCUT2D eigenvalue weighted by atomic mass is 9.83. The van der Waals surface area contributed by atoms with E-state index in [1.165, 1.54) is 142 Å². The first-order valence-corrected chi connectivity index (χ1v) is 49.6. The quantitative estimate of drug-likeness (QED) is 0.0227. The van der Waals surface area contributed by atoms with Gasteiger partial charge in [-0.1, -0.05) is 55.0 Å². The molecule has 0 spiro atoms. The molecule has 0 radical (unpaired) electrons. The van der Waals surface area contributed by atoms with Crippen LogP contribution < -0.4 is 56.4 Å². The zero-order valence-corrected chi connectivity index (χ0v) is 80.0. The van der Waals surface area contributed by atoms with Crippen LogP contribution in [0.1, 0.15) is 275 Å². The maximum Gasteiger partial charge on any atom is 0.270 e. The van der Waals surface area contributed by atoms with E-state index in [0.29, 0.717) is 132 Å². The fourth-order valence-corrected chi connectivity index (χ4v) is 19.9. The molecule has 44 heteroatoms. The minimum absolute atomic E-state index is 0.0386. The molecule has 5 aromatic carbocycles. The van der Waals surface area contributed by atoms with Gasteiger partial charge in [-0.05, 0) is 194 Å². The van der Waals surface area contributed by atoms with Crippen molar-refractivity contribution in [3.63, 3.8) is 0 Å². The molecule has 5 aliphatic carbocycles. The van der Waals surface area contributed by atoms with Crippen molar-refractivity contribution in [1.29, 1.82) is 0 Å². The van der Waals surface area contributed by atoms with Crippen molar-refractivity contribution in [2.75, 3.05) is 96.2 Å². The van der Waals surface area contributed by atoms with Gasteiger partial charge in [-0.15, -0.1) is 5.10 Å². The van der Waals surface area contributed by atoms with Gasteiger partial charge >= 0.3 is 0 Å². The van der Waals surface area contributed by atoms with Gasteiger partial charge in [0.15, 0.2) is 29.1 Å². The molecular formula is C102H107F9N34O. The number of carbonyl (C=O) groups is 1. The SMILES string of the molecule is CC(=O)n1nc(Nc2ncnc(N3CCCC3c3ccc(F)cc3)n2)cc1C1CC1.CN(c1cc(C2CC2)[nH]n1)c1ncnc(N2CCCC2c2ccc(F)cc2)n1.Fc1ccc(C2CCCN2c2ncnc(Nc3cc(C4CC4)[nH]n3)c2C(F)F)c(F)c1.Fc1ccc(C2CCCN2c2ncnc(Nc3cc(C4CC4)[nH]n3)n2)cc1.Nc1nc(Nc2cc(C3CCC3)[nH]n2)cc(N2CCCC2c2ccc(F)cc2F)n1. The Hall–Kier alpha value is -15.8. The van der Waals surface area contributed by atoms with Crippen LogP contribution in [-0.4, -0.2) is 161 Å². The molecule has 15 aromatic rings. The fourth-order valence-electron chi connectivity index (χ4n) is 19.9. The monoisotopic (exact) mass is 1990 g/mol. The number of nitrogens with two attached hydrogens (primary N) is 1. The second kappa shape index (κ2) is 42.6. The van der Waals surface area contributed by atoms with E-state index >= 15 is 0 Å². The van der Waals surface area contributed by atoms with Gasteiger partial charge in [-0.25, -0.2) is 84.1 Å². The van der Waals surface area contributed by atoms with Gasteiger partial charge in [-0.2, -0.15) is 45.3 Å². The zero-order chi connectivity index (χ0) is 100. The lowest BCUT2D eigenvalue weighted by Crippen LogP contribution is -2.26. The topological polar surface area (TPSA) is 411 Å². The summed E-state index contributed by atoms with van der Waals surface area (Å²) in [5.41, 5.74) is 14.8. The average Bonchev–Trinajstić information content (AvgIpc) is 1.56. The summed E-state index contributed by atoms with van der Waals surface area (Å²) >= 11 is 0. The second-order valence-corrected chi connectivity index (χ2v) is 38.3. The molecule has 5 saturated carbocycles. The summed E-state index contributed by atoms with van der Waals surface area (Å²) in [5.74, 6) is 6.90. The van der Waals surface area contributed by atoms with Crippen molar-refractivity contribution >= 4 is 99.9 Å². The van der Waals surface area contributed by atoms with Crippen LogP contribution in [0.15, 0.2) is 171 Å². The first kappa shape index (κ1) is 96.3. The normalized spacial score (nSPS) is 19.0. The molecule has 10 aromatic heterocycles. The van der Waals surface area contributed by atoms with Crippen LogP contribution in [-0.2, 0) is 0 Å². The molecule has 5 aliphatic heterocycles. The number of benzene rings is 5. The highest BCUT2D eigenvalue weighted by molar-refractivity contribution is 5.77. The van der Waals surface area contributed by atoms with E-state index in [1.54, 1.807) is 23.4 Å². The fraction of sp³-hybridized carbons (Fsp3) is 0.382. The highest BCUT2D eigenvalue weighted by Crippen LogP contribution is 2.49. The maximum absolute atomic E-state index is 14.4. The van der Waals surface area contributed by atoms with E-state index in [-0.39, 0.29) is 76.2 Å². The van der Waals surface area contributed by atoms with E-state index < -0.39 is 35.7 Å². The predicted molar refractivity (Wildman–Crippen MR) is 530 cm³/mol. The summed E-state index contributed by atoms with van der Waals surface area (Å²) in [6.07, 6.45) is 24.5. The first-order chi connectivity index (χ1) is 71.1. The summed E-state index contributed by atoms with van der Waals surface area (Å²) in [7, 11) is 1.91. The zero-order valence-electron chi connectivity index (χ0n) is 80.0. The van der Waals surface area contributed by atoms with Crippen LogP contribution in [0.5, 0.6) is 0 Å². The number of nitrogens with zero attached hydrogens (tertiary/aromatic N) is 25. The Kier molecular flexibility index (Phi) is 28.1. The molecule has 10 N–H and O–H groups in total. The van der Waals surface area contributed by atoms with Crippen molar-refractivity contribution in [1.82, 2.24) is 115 Å². The Balaban J connectivity index is 0.000000107. The van der Waals surface area contributed by atoms with Crippen LogP contribution in [0.25, 0.3) is 0 Å². The van der Waals surface area contributed by atoms with Crippen LogP contribution in [0.4, 0.5) is 134 Å². The molecule has 146 heavy (non-hydrogen) atoms. The number of hydrogen-bond donors (Lipinski definition) is 9. The third-order valence-electron chi connectivity index (χ3n) is 28.1. The van der Waals surface area contributed by atoms with Crippen LogP contribution in [0.2, 0.25) is 0 Å². The van der Waals surface area contributed by atoms with Crippen molar-refractivity contribution < 1.29 is 44.3 Å². The number of H-pyrrole nitrogens is 4. The molecule has 754 valence electrons. The number of nitrogens with one attached hydrogen (secondary N) is 8. The predicted octanol–water partition coefficient (Wildman–Crippen LogP) is 21.0. The van der Waals surface area contributed by atoms with E-state index in [2.05, 4.69) is 148 Å². The number of aromatic amines is 4. The summed E-state index contributed by atoms with van der Waals surface area (Å²) in [6, 6.07) is 38.2. The third-order valence-corrected chi connectivity index (χ3v) is 28.1. The minimum atomic E-state index is -2.86. The van der Waals surface area contributed by atoms with Crippen LogP contribution >= 0.6 is 0 Å². The summed E-state index contributed by atoms with van der Waals surface area (Å²) in [4.78, 5) is 80.3. The van der Waals surface area contributed by atoms with Gasteiger partial charge < -0.3 is 51.5 Å². The highest BCUT2D eigenvalue weighted by atomic mass is 19.3. The number of rotatable bonds is 26. The second-order valence-electron chi connectivity index (χ2n) is 38.3. The van der Waals surface area contributed by atoms with E-state index in [1.807, 2.05) is 71.4 Å². The molecule has 5 saturated heterocycles. The van der Waals surface area contributed by atoms with Gasteiger partial charge in [0, 0.05) is 159 Å². The molecule has 5 atom stereocenters. The number of carbonyl (C=O) groups excluding carboxylic acids is 1. The highest BCUT2D eigenvalue weighted by Gasteiger charge is 2.40. The summed E-state index contributed by atoms with van der Waals surface area (Å²) < 4.78 is 125. The largest absolute Gasteiger partial charge is 0.368 e. The van der Waals surface area contributed by atoms with Gasteiger partial charge in [0.2, 0.25) is 47.5 Å². The lowest BCUT2D eigenvalue weighted by molar-refractivity contribution is 0.0917. The Morgan fingerprint density at radius 3 is 1.27 bits per heavy atom. The Morgan fingerprint density at radius 1 is 0.384 bits per heavy atom. The molecule has 0 amide bonds. The maximum atomic E-state index is 14.4. The number of anilines is 16.